The Morgan fingerprint density at radius 3 is 2.33 bits per heavy atom. The fraction of sp³-hybridized carbons (Fsp3) is 0.500. The standard InChI is InChI=1S/C8H15O4P3/c1-2-8(12-15)6(9)4-3-5(10-13)7(8)11-14/h2-7,9H,1,13-15H2/t5-,6+,7+,8-/m0/s1. The van der Waals surface area contributed by atoms with E-state index in [4.69, 9.17) is 13.6 Å². The second kappa shape index (κ2) is 5.80. The first-order chi connectivity index (χ1) is 7.16. The highest BCUT2D eigenvalue weighted by Crippen LogP contribution is 2.36. The van der Waals surface area contributed by atoms with Gasteiger partial charge in [0.2, 0.25) is 0 Å². The first-order valence-electron chi connectivity index (χ1n) is 4.25. The predicted molar refractivity (Wildman–Crippen MR) is 68.0 cm³/mol. The van der Waals surface area contributed by atoms with Crippen LogP contribution < -0.4 is 0 Å². The zero-order chi connectivity index (χ0) is 11.5. The first-order valence-corrected chi connectivity index (χ1v) is 5.66. The lowest BCUT2D eigenvalue weighted by Gasteiger charge is -2.43. The minimum Gasteiger partial charge on any atom is -0.386 e. The lowest BCUT2D eigenvalue weighted by atomic mass is 9.82. The summed E-state index contributed by atoms with van der Waals surface area (Å²) >= 11 is 0. The molecule has 0 bridgehead atoms. The molecule has 1 N–H and O–H groups in total. The van der Waals surface area contributed by atoms with Crippen molar-refractivity contribution in [3.8, 4) is 0 Å². The van der Waals surface area contributed by atoms with Gasteiger partial charge in [0.1, 0.15) is 23.9 Å². The van der Waals surface area contributed by atoms with E-state index in [0.29, 0.717) is 0 Å². The Balaban J connectivity index is 3.10. The minimum atomic E-state index is -1.03. The summed E-state index contributed by atoms with van der Waals surface area (Å²) in [6.45, 7) is 3.66. The molecule has 0 aromatic heterocycles. The molecule has 4 nitrogen and oxygen atoms in total. The quantitative estimate of drug-likeness (QED) is 0.610. The van der Waals surface area contributed by atoms with Gasteiger partial charge in [-0.2, -0.15) is 0 Å². The van der Waals surface area contributed by atoms with E-state index < -0.39 is 17.8 Å². The van der Waals surface area contributed by atoms with E-state index >= 15 is 0 Å². The first kappa shape index (κ1) is 13.7. The SMILES string of the molecule is C=C[C@]1(OP)[C@H](O)C=C[C@H](OP)[C@H]1OP. The van der Waals surface area contributed by atoms with Crippen molar-refractivity contribution in [2.45, 2.75) is 23.9 Å². The number of rotatable bonds is 4. The number of aliphatic hydroxyl groups excluding tert-OH is 1. The van der Waals surface area contributed by atoms with Crippen LogP contribution in [0.1, 0.15) is 0 Å². The molecular formula is C8H15O4P3. The van der Waals surface area contributed by atoms with Crippen LogP contribution >= 0.6 is 28.4 Å². The highest BCUT2D eigenvalue weighted by atomic mass is 31.0. The summed E-state index contributed by atoms with van der Waals surface area (Å²) in [6, 6.07) is 0. The van der Waals surface area contributed by atoms with Crippen LogP contribution in [0, 0.1) is 0 Å². The molecule has 1 rings (SSSR count). The smallest absolute Gasteiger partial charge is 0.148 e. The fourth-order valence-corrected chi connectivity index (χ4v) is 2.58. The van der Waals surface area contributed by atoms with Gasteiger partial charge in [-0.3, -0.25) is 0 Å². The van der Waals surface area contributed by atoms with Gasteiger partial charge in [-0.15, -0.1) is 6.58 Å². The van der Waals surface area contributed by atoms with Crippen molar-refractivity contribution in [1.82, 2.24) is 0 Å². The third-order valence-corrected chi connectivity index (χ3v) is 3.53. The third-order valence-electron chi connectivity index (χ3n) is 2.52. The van der Waals surface area contributed by atoms with Crippen molar-refractivity contribution in [2.75, 3.05) is 0 Å². The van der Waals surface area contributed by atoms with Crippen LogP contribution in [0.3, 0.4) is 0 Å². The summed E-state index contributed by atoms with van der Waals surface area (Å²) in [5.74, 6) is 0. The highest BCUT2D eigenvalue weighted by molar-refractivity contribution is 7.10. The van der Waals surface area contributed by atoms with Crippen molar-refractivity contribution in [3.05, 3.63) is 24.8 Å². The molecule has 3 unspecified atom stereocenters. The van der Waals surface area contributed by atoms with E-state index in [2.05, 4.69) is 35.0 Å². The van der Waals surface area contributed by atoms with E-state index in [0.717, 1.165) is 0 Å². The van der Waals surface area contributed by atoms with E-state index in [1.54, 1.807) is 12.2 Å². The molecule has 0 fully saturated rings. The Bertz CT molecular complexity index is 260. The Morgan fingerprint density at radius 2 is 1.93 bits per heavy atom. The summed E-state index contributed by atoms with van der Waals surface area (Å²) in [7, 11) is 6.43. The van der Waals surface area contributed by atoms with Crippen LogP contribution in [-0.2, 0) is 13.6 Å². The topological polar surface area (TPSA) is 47.9 Å². The molecule has 86 valence electrons. The highest BCUT2D eigenvalue weighted by Gasteiger charge is 2.49. The third kappa shape index (κ3) is 2.33. The Labute approximate surface area is 96.3 Å². The lowest BCUT2D eigenvalue weighted by molar-refractivity contribution is -0.0889. The monoisotopic (exact) mass is 268 g/mol. The summed E-state index contributed by atoms with van der Waals surface area (Å²) < 4.78 is 15.6. The maximum atomic E-state index is 9.89. The minimum absolute atomic E-state index is 0.325. The summed E-state index contributed by atoms with van der Waals surface area (Å²) in [5, 5.41) is 9.89. The average Bonchev–Trinajstić information content (AvgIpc) is 2.28. The van der Waals surface area contributed by atoms with E-state index in [1.807, 2.05) is 0 Å². The van der Waals surface area contributed by atoms with Gasteiger partial charge in [0, 0.05) is 28.4 Å². The molecule has 1 aliphatic rings. The fourth-order valence-electron chi connectivity index (χ4n) is 1.61. The molecule has 0 saturated heterocycles. The Kier molecular flexibility index (Phi) is 5.28. The number of hydrogen-bond donors (Lipinski definition) is 1. The van der Waals surface area contributed by atoms with Crippen molar-refractivity contribution in [1.29, 1.82) is 0 Å². The molecule has 0 amide bonds. The molecule has 7 heteroatoms. The van der Waals surface area contributed by atoms with Crippen LogP contribution in [-0.4, -0.2) is 29.0 Å². The lowest BCUT2D eigenvalue weighted by Crippen LogP contribution is -2.57. The van der Waals surface area contributed by atoms with Crippen LogP contribution in [0.15, 0.2) is 24.8 Å². The number of aliphatic hydroxyl groups is 1. The largest absolute Gasteiger partial charge is 0.386 e. The Morgan fingerprint density at radius 1 is 1.27 bits per heavy atom. The molecule has 0 aliphatic heterocycles. The summed E-state index contributed by atoms with van der Waals surface area (Å²) in [4.78, 5) is 0. The molecule has 15 heavy (non-hydrogen) atoms. The van der Waals surface area contributed by atoms with Crippen LogP contribution in [0.25, 0.3) is 0 Å². The molecule has 0 saturated carbocycles. The van der Waals surface area contributed by atoms with Gasteiger partial charge in [0.25, 0.3) is 0 Å². The predicted octanol–water partition coefficient (Wildman–Crippen LogP) is 0.999. The maximum Gasteiger partial charge on any atom is 0.148 e. The van der Waals surface area contributed by atoms with E-state index in [1.165, 1.54) is 6.08 Å². The second-order valence-electron chi connectivity index (χ2n) is 3.16. The van der Waals surface area contributed by atoms with Crippen LogP contribution in [0.5, 0.6) is 0 Å². The summed E-state index contributed by atoms with van der Waals surface area (Å²) in [6.07, 6.45) is 3.19. The molecule has 0 aromatic rings. The molecule has 7 atom stereocenters. The molecule has 0 heterocycles. The zero-order valence-electron chi connectivity index (χ0n) is 8.08. The van der Waals surface area contributed by atoms with Gasteiger partial charge in [-0.1, -0.05) is 18.2 Å². The van der Waals surface area contributed by atoms with Crippen LogP contribution in [0.4, 0.5) is 0 Å². The molecule has 0 aromatic carbocycles. The van der Waals surface area contributed by atoms with Crippen molar-refractivity contribution >= 4 is 28.4 Å². The summed E-state index contributed by atoms with van der Waals surface area (Å²) in [5.41, 5.74) is -1.03. The van der Waals surface area contributed by atoms with Crippen molar-refractivity contribution in [2.24, 2.45) is 0 Å². The van der Waals surface area contributed by atoms with E-state index in [-0.39, 0.29) is 6.10 Å². The van der Waals surface area contributed by atoms with Gasteiger partial charge in [0.15, 0.2) is 0 Å². The van der Waals surface area contributed by atoms with E-state index in [9.17, 15) is 5.11 Å². The maximum absolute atomic E-state index is 9.89. The van der Waals surface area contributed by atoms with Crippen molar-refractivity contribution < 1.29 is 18.7 Å². The van der Waals surface area contributed by atoms with Crippen LogP contribution in [0.2, 0.25) is 0 Å². The molecule has 0 radical (unpaired) electrons. The van der Waals surface area contributed by atoms with Gasteiger partial charge >= 0.3 is 0 Å². The van der Waals surface area contributed by atoms with Gasteiger partial charge < -0.3 is 18.7 Å². The number of hydrogen-bond acceptors (Lipinski definition) is 4. The zero-order valence-corrected chi connectivity index (χ0v) is 11.5. The normalized spacial score (nSPS) is 40.4. The van der Waals surface area contributed by atoms with Gasteiger partial charge in [0.05, 0.1) is 0 Å². The molecule has 0 spiro atoms. The molecular weight excluding hydrogens is 253 g/mol. The second-order valence-corrected chi connectivity index (χ2v) is 3.94. The Hall–Kier alpha value is 0.610. The van der Waals surface area contributed by atoms with Gasteiger partial charge in [-0.25, -0.2) is 0 Å². The van der Waals surface area contributed by atoms with Gasteiger partial charge in [-0.05, 0) is 0 Å². The average molecular weight is 268 g/mol. The molecule has 1 aliphatic carbocycles. The van der Waals surface area contributed by atoms with Crippen molar-refractivity contribution in [3.63, 3.8) is 0 Å².